The number of hydrogen-bond donors (Lipinski definition) is 0. The van der Waals surface area contributed by atoms with Crippen molar-refractivity contribution in [3.8, 4) is 20.9 Å². The Kier molecular flexibility index (Phi) is 7.07. The van der Waals surface area contributed by atoms with Crippen LogP contribution in [0.4, 0.5) is 14.5 Å². The highest BCUT2D eigenvalue weighted by atomic mass is 32.1. The first kappa shape index (κ1) is 22.7. The number of rotatable bonds is 7. The van der Waals surface area contributed by atoms with Crippen LogP contribution in [-0.4, -0.2) is 5.16 Å². The number of fused-ring (bicyclic) bond motifs is 1. The lowest BCUT2D eigenvalue weighted by atomic mass is 9.98. The minimum atomic E-state index is -0.739. The van der Waals surface area contributed by atoms with Crippen LogP contribution in [0.3, 0.4) is 0 Å². The summed E-state index contributed by atoms with van der Waals surface area (Å²) in [4.78, 5) is 5.52. The molecule has 0 fully saturated rings. The molecule has 2 aromatic heterocycles. The molecule has 162 valence electrons. The van der Waals surface area contributed by atoms with E-state index in [-0.39, 0.29) is 0 Å². The lowest BCUT2D eigenvalue weighted by molar-refractivity contribution is 0.588. The number of aliphatic imine (C=N–C) groups is 1. The van der Waals surface area contributed by atoms with Gasteiger partial charge in [0.15, 0.2) is 11.6 Å². The van der Waals surface area contributed by atoms with Crippen molar-refractivity contribution in [1.29, 1.82) is 0 Å². The van der Waals surface area contributed by atoms with Crippen LogP contribution < -0.4 is 0 Å². The third-order valence-corrected chi connectivity index (χ3v) is 7.78. The molecule has 0 radical (unpaired) electrons. The Morgan fingerprint density at radius 3 is 2.34 bits per heavy atom. The quantitative estimate of drug-likeness (QED) is 0.145. The number of benzene rings is 2. The zero-order chi connectivity index (χ0) is 22.7. The third kappa shape index (κ3) is 4.64. The predicted molar refractivity (Wildman–Crippen MR) is 138 cm³/mol. The molecule has 2 aromatic carbocycles. The monoisotopic (exact) mass is 481 g/mol. The minimum Gasteiger partial charge on any atom is -0.204 e. The molecule has 4 rings (SSSR count). The van der Waals surface area contributed by atoms with Crippen LogP contribution in [0, 0.1) is 11.6 Å². The highest BCUT2D eigenvalue weighted by Crippen LogP contribution is 2.43. The van der Waals surface area contributed by atoms with Gasteiger partial charge in [-0.15, -0.1) is 22.7 Å². The summed E-state index contributed by atoms with van der Waals surface area (Å²) in [5.74, 6) is -1.48. The van der Waals surface area contributed by atoms with Crippen molar-refractivity contribution in [3.05, 3.63) is 77.4 Å². The van der Waals surface area contributed by atoms with Gasteiger partial charge in [0.25, 0.3) is 0 Å². The molecule has 6 heteroatoms. The fraction of sp³-hybridized carbons (Fsp3) is 0.192. The van der Waals surface area contributed by atoms with Crippen molar-refractivity contribution in [2.75, 3.05) is 0 Å². The van der Waals surface area contributed by atoms with E-state index in [0.29, 0.717) is 5.56 Å². The Morgan fingerprint density at radius 1 is 1.00 bits per heavy atom. The first-order valence-electron chi connectivity index (χ1n) is 10.4. The topological polar surface area (TPSA) is 12.4 Å². The maximum Gasteiger partial charge on any atom is 0.153 e. The number of halogens is 2. The average molecular weight is 482 g/mol. The minimum absolute atomic E-state index is 0.398. The van der Waals surface area contributed by atoms with E-state index in [1.165, 1.54) is 45.0 Å². The molecule has 0 aliphatic carbocycles. The smallest absolute Gasteiger partial charge is 0.153 e. The number of aryl methyl sites for hydroxylation is 2. The summed E-state index contributed by atoms with van der Waals surface area (Å²) in [6.07, 6.45) is 7.35. The zero-order valence-electron chi connectivity index (χ0n) is 17.7. The molecule has 0 spiro atoms. The van der Waals surface area contributed by atoms with Crippen molar-refractivity contribution in [2.45, 2.75) is 33.1 Å². The number of allylic oxidation sites excluding steroid dienone is 2. The van der Waals surface area contributed by atoms with Crippen LogP contribution in [-0.2, 0) is 12.8 Å². The summed E-state index contributed by atoms with van der Waals surface area (Å²) >= 11 is 7.71. The summed E-state index contributed by atoms with van der Waals surface area (Å²) in [5, 5.41) is 2.02. The van der Waals surface area contributed by atoms with Crippen LogP contribution in [0.25, 0.3) is 30.3 Å². The van der Waals surface area contributed by atoms with E-state index >= 15 is 0 Å². The molecular formula is C26H21F2NS3. The highest BCUT2D eigenvalue weighted by molar-refractivity contribution is 7.78. The van der Waals surface area contributed by atoms with Gasteiger partial charge in [-0.1, -0.05) is 37.3 Å². The molecule has 0 aliphatic rings. The molecule has 0 N–H and O–H groups in total. The van der Waals surface area contributed by atoms with Gasteiger partial charge in [-0.3, -0.25) is 0 Å². The number of hydrogen-bond acceptors (Lipinski definition) is 4. The molecule has 0 atom stereocenters. The van der Waals surface area contributed by atoms with Crippen molar-refractivity contribution >= 4 is 55.1 Å². The van der Waals surface area contributed by atoms with Crippen molar-refractivity contribution in [1.82, 2.24) is 0 Å². The zero-order valence-corrected chi connectivity index (χ0v) is 20.2. The SMILES string of the molecule is C/C=C/CCc1ccc(-c2cc3sc(-c4cc(F)c(N=C=S)c(F)c4)cc3s2)c(CC)c1. The van der Waals surface area contributed by atoms with Crippen LogP contribution in [0.2, 0.25) is 0 Å². The molecule has 0 bridgehead atoms. The van der Waals surface area contributed by atoms with Gasteiger partial charge in [0.05, 0.1) is 5.16 Å². The molecule has 4 aromatic rings. The Balaban J connectivity index is 1.66. The number of isothiocyanates is 1. The molecule has 0 unspecified atom stereocenters. The average Bonchev–Trinajstić information content (AvgIpc) is 3.35. The summed E-state index contributed by atoms with van der Waals surface area (Å²) in [7, 11) is 0. The Labute approximate surface area is 199 Å². The van der Waals surface area contributed by atoms with E-state index in [1.54, 1.807) is 11.3 Å². The maximum atomic E-state index is 14.2. The number of nitrogens with zero attached hydrogens (tertiary/aromatic N) is 1. The first-order chi connectivity index (χ1) is 15.5. The Morgan fingerprint density at radius 2 is 1.69 bits per heavy atom. The lowest BCUT2D eigenvalue weighted by Gasteiger charge is -2.09. The summed E-state index contributed by atoms with van der Waals surface area (Å²) < 4.78 is 30.7. The second-order valence-electron chi connectivity index (χ2n) is 7.39. The van der Waals surface area contributed by atoms with Gasteiger partial charge in [0.1, 0.15) is 5.69 Å². The molecular weight excluding hydrogens is 460 g/mol. The molecule has 0 saturated heterocycles. The first-order valence-corrected chi connectivity index (χ1v) is 12.4. The molecule has 2 heterocycles. The van der Waals surface area contributed by atoms with Gasteiger partial charge in [-0.2, -0.15) is 4.99 Å². The van der Waals surface area contributed by atoms with Gasteiger partial charge in [0.2, 0.25) is 0 Å². The number of thiophene rings is 2. The third-order valence-electron chi connectivity index (χ3n) is 5.32. The largest absolute Gasteiger partial charge is 0.204 e. The fourth-order valence-corrected chi connectivity index (χ4v) is 6.26. The Hall–Kier alpha value is -2.50. The normalized spacial score (nSPS) is 11.4. The van der Waals surface area contributed by atoms with E-state index in [9.17, 15) is 8.78 Å². The van der Waals surface area contributed by atoms with Crippen LogP contribution in [0.1, 0.15) is 31.4 Å². The molecule has 32 heavy (non-hydrogen) atoms. The van der Waals surface area contributed by atoms with Crippen LogP contribution >= 0.6 is 34.9 Å². The van der Waals surface area contributed by atoms with Gasteiger partial charge >= 0.3 is 0 Å². The van der Waals surface area contributed by atoms with Gasteiger partial charge < -0.3 is 0 Å². The van der Waals surface area contributed by atoms with Crippen molar-refractivity contribution in [3.63, 3.8) is 0 Å². The van der Waals surface area contributed by atoms with Crippen LogP contribution in [0.5, 0.6) is 0 Å². The molecule has 0 amide bonds. The molecule has 1 nitrogen and oxygen atoms in total. The van der Waals surface area contributed by atoms with Crippen molar-refractivity contribution < 1.29 is 8.78 Å². The van der Waals surface area contributed by atoms with Crippen molar-refractivity contribution in [2.24, 2.45) is 4.99 Å². The second-order valence-corrected chi connectivity index (χ2v) is 9.74. The summed E-state index contributed by atoms with van der Waals surface area (Å²) in [6.45, 7) is 4.23. The molecule has 0 aliphatic heterocycles. The van der Waals surface area contributed by atoms with E-state index in [0.717, 1.165) is 33.5 Å². The highest BCUT2D eigenvalue weighted by Gasteiger charge is 2.16. The lowest BCUT2D eigenvalue weighted by Crippen LogP contribution is -1.91. The van der Waals surface area contributed by atoms with E-state index in [2.05, 4.69) is 60.6 Å². The van der Waals surface area contributed by atoms with Gasteiger partial charge in [-0.05, 0) is 84.9 Å². The molecule has 0 saturated carbocycles. The van der Waals surface area contributed by atoms with E-state index < -0.39 is 17.3 Å². The van der Waals surface area contributed by atoms with Gasteiger partial charge in [0, 0.05) is 19.2 Å². The van der Waals surface area contributed by atoms with Gasteiger partial charge in [-0.25, -0.2) is 8.78 Å². The summed E-state index contributed by atoms with van der Waals surface area (Å²) in [5.41, 5.74) is 4.06. The second kappa shape index (κ2) is 9.97. The van der Waals surface area contributed by atoms with E-state index in [4.69, 9.17) is 0 Å². The maximum absolute atomic E-state index is 14.2. The standard InChI is InChI=1S/C26H21F2NS3/c1-3-5-6-7-16-8-9-19(17(4-2)10-16)23-14-25-24(32-23)13-22(31-25)18-11-20(27)26(29-15-30)21(28)12-18/h3,5,8-14H,4,6-7H2,1-2H3/b5-3+. The Bertz CT molecular complexity index is 1300. The van der Waals surface area contributed by atoms with E-state index in [1.807, 2.05) is 18.2 Å². The number of thiocarbonyl (C=S) groups is 1. The van der Waals surface area contributed by atoms with Crippen LogP contribution in [0.15, 0.2) is 59.6 Å². The predicted octanol–water partition coefficient (Wildman–Crippen LogP) is 9.38. The summed E-state index contributed by atoms with van der Waals surface area (Å²) in [6, 6.07) is 13.5. The fourth-order valence-electron chi connectivity index (χ4n) is 3.72.